The van der Waals surface area contributed by atoms with Crippen molar-refractivity contribution >= 4 is 33.9 Å². The van der Waals surface area contributed by atoms with E-state index in [9.17, 15) is 18.0 Å². The Morgan fingerprint density at radius 2 is 1.61 bits per heavy atom. The molecule has 1 amide bonds. The van der Waals surface area contributed by atoms with Gasteiger partial charge >= 0.3 is 12.1 Å². The molecule has 2 aromatic carbocycles. The Labute approximate surface area is 247 Å². The van der Waals surface area contributed by atoms with Crippen LogP contribution in [0, 0.1) is 0 Å². The summed E-state index contributed by atoms with van der Waals surface area (Å²) in [6.45, 7) is 0.698. The maximum Gasteiger partial charge on any atom is 0.490 e. The van der Waals surface area contributed by atoms with Crippen LogP contribution in [0.2, 0.25) is 0 Å². The van der Waals surface area contributed by atoms with Gasteiger partial charge in [-0.15, -0.1) is 0 Å². The second-order valence-electron chi connectivity index (χ2n) is 9.42. The molecule has 0 bridgehead atoms. The molecule has 6 aromatic rings. The first-order chi connectivity index (χ1) is 21.1. The number of benzene rings is 2. The number of carbonyl (C=O) groups is 2. The predicted octanol–water partition coefficient (Wildman–Crippen LogP) is 5.26. The Hall–Kier alpha value is -5.69. The molecule has 4 aromatic heterocycles. The molecule has 44 heavy (non-hydrogen) atoms. The maximum absolute atomic E-state index is 13.2. The van der Waals surface area contributed by atoms with E-state index in [4.69, 9.17) is 20.6 Å². The number of H-pyrrole nitrogens is 1. The highest BCUT2D eigenvalue weighted by molar-refractivity contribution is 6.06. The van der Waals surface area contributed by atoms with Crippen LogP contribution in [0.4, 0.5) is 13.2 Å². The van der Waals surface area contributed by atoms with Gasteiger partial charge in [-0.25, -0.2) is 19.7 Å². The number of carboxylic acid groups (broad SMARTS) is 1. The molecule has 0 spiro atoms. The third-order valence-corrected chi connectivity index (χ3v) is 6.47. The Morgan fingerprint density at radius 1 is 0.886 bits per heavy atom. The smallest absolute Gasteiger partial charge is 0.475 e. The molecule has 5 N–H and O–H groups in total. The molecule has 0 fully saturated rings. The Morgan fingerprint density at radius 3 is 2.27 bits per heavy atom. The van der Waals surface area contributed by atoms with Crippen LogP contribution in [0.15, 0.2) is 91.3 Å². The zero-order valence-electron chi connectivity index (χ0n) is 22.8. The zero-order chi connectivity index (χ0) is 31.3. The van der Waals surface area contributed by atoms with E-state index in [1.165, 1.54) is 0 Å². The van der Waals surface area contributed by atoms with Gasteiger partial charge < -0.3 is 21.1 Å². The monoisotopic (exact) mass is 599 g/mol. The number of hydrogen-bond acceptors (Lipinski definition) is 7. The van der Waals surface area contributed by atoms with Crippen LogP contribution in [0.3, 0.4) is 0 Å². The number of pyridine rings is 3. The SMILES string of the molecule is NCc1ccc(-c2nc3ccnc(C(=O)NCc4nc5ncccc5[nH]4)c3cc2-c2ccccc2)cc1.O=C(O)C(F)(F)F. The number of aliphatic carboxylic acids is 1. The van der Waals surface area contributed by atoms with Gasteiger partial charge in [-0.1, -0.05) is 54.6 Å². The number of imidazole rings is 1. The number of nitrogens with zero attached hydrogens (tertiary/aromatic N) is 4. The molecule has 0 saturated carbocycles. The second-order valence-corrected chi connectivity index (χ2v) is 9.42. The van der Waals surface area contributed by atoms with Gasteiger partial charge in [-0.2, -0.15) is 13.2 Å². The van der Waals surface area contributed by atoms with Gasteiger partial charge in [0.25, 0.3) is 5.91 Å². The van der Waals surface area contributed by atoms with Gasteiger partial charge in [0.1, 0.15) is 11.5 Å². The van der Waals surface area contributed by atoms with Crippen molar-refractivity contribution in [1.29, 1.82) is 0 Å². The third kappa shape index (κ3) is 6.68. The van der Waals surface area contributed by atoms with Crippen molar-refractivity contribution in [3.05, 3.63) is 108 Å². The fraction of sp³-hybridized carbons (Fsp3) is 0.0968. The summed E-state index contributed by atoms with van der Waals surface area (Å²) in [5.74, 6) is -2.44. The lowest BCUT2D eigenvalue weighted by Gasteiger charge is -2.13. The zero-order valence-corrected chi connectivity index (χ0v) is 22.8. The van der Waals surface area contributed by atoms with Crippen LogP contribution in [0.5, 0.6) is 0 Å². The summed E-state index contributed by atoms with van der Waals surface area (Å²) in [6.07, 6.45) is -1.79. The number of amides is 1. The molecule has 4 heterocycles. The second kappa shape index (κ2) is 12.7. The van der Waals surface area contributed by atoms with Gasteiger partial charge in [-0.3, -0.25) is 9.78 Å². The lowest BCUT2D eigenvalue weighted by molar-refractivity contribution is -0.192. The first kappa shape index (κ1) is 29.8. The number of carbonyl (C=O) groups excluding carboxylic acids is 1. The Balaban J connectivity index is 0.000000493. The highest BCUT2D eigenvalue weighted by atomic mass is 19.4. The largest absolute Gasteiger partial charge is 0.490 e. The minimum atomic E-state index is -5.08. The van der Waals surface area contributed by atoms with E-state index < -0.39 is 12.1 Å². The van der Waals surface area contributed by atoms with E-state index in [-0.39, 0.29) is 12.5 Å². The number of halogens is 3. The molecule has 0 radical (unpaired) electrons. The number of nitrogens with two attached hydrogens (primary N) is 1. The summed E-state index contributed by atoms with van der Waals surface area (Å²) in [5.41, 5.74) is 13.0. The van der Waals surface area contributed by atoms with Crippen molar-refractivity contribution in [2.24, 2.45) is 5.73 Å². The lowest BCUT2D eigenvalue weighted by Crippen LogP contribution is -2.24. The Bertz CT molecular complexity index is 1910. The molecule has 0 aliphatic heterocycles. The third-order valence-electron chi connectivity index (χ3n) is 6.47. The number of alkyl halides is 3. The van der Waals surface area contributed by atoms with Crippen LogP contribution in [0.1, 0.15) is 21.9 Å². The average Bonchev–Trinajstić information content (AvgIpc) is 3.46. The van der Waals surface area contributed by atoms with E-state index in [1.807, 2.05) is 78.9 Å². The van der Waals surface area contributed by atoms with E-state index in [2.05, 4.69) is 25.3 Å². The van der Waals surface area contributed by atoms with Crippen molar-refractivity contribution in [2.45, 2.75) is 19.3 Å². The number of hydrogen-bond donors (Lipinski definition) is 4. The van der Waals surface area contributed by atoms with Crippen LogP contribution >= 0.6 is 0 Å². The number of nitrogens with one attached hydrogen (secondary N) is 2. The first-order valence-corrected chi connectivity index (χ1v) is 13.2. The van der Waals surface area contributed by atoms with Crippen LogP contribution in [-0.2, 0) is 17.9 Å². The molecule has 0 atom stereocenters. The fourth-order valence-corrected chi connectivity index (χ4v) is 4.36. The quantitative estimate of drug-likeness (QED) is 0.202. The first-order valence-electron chi connectivity index (χ1n) is 13.2. The minimum Gasteiger partial charge on any atom is -0.475 e. The average molecular weight is 600 g/mol. The summed E-state index contributed by atoms with van der Waals surface area (Å²) in [5, 5.41) is 10.7. The van der Waals surface area contributed by atoms with Gasteiger partial charge in [-0.05, 0) is 35.4 Å². The number of rotatable bonds is 6. The molecular formula is C31H24F3N7O3. The molecule has 13 heteroatoms. The molecule has 0 aliphatic rings. The van der Waals surface area contributed by atoms with Crippen LogP contribution in [0.25, 0.3) is 44.5 Å². The highest BCUT2D eigenvalue weighted by Gasteiger charge is 2.38. The van der Waals surface area contributed by atoms with Crippen LogP contribution in [-0.4, -0.2) is 48.1 Å². The molecule has 222 valence electrons. The Kier molecular flexibility index (Phi) is 8.58. The van der Waals surface area contributed by atoms with Crippen molar-refractivity contribution < 1.29 is 27.9 Å². The van der Waals surface area contributed by atoms with Crippen molar-refractivity contribution in [3.63, 3.8) is 0 Å². The predicted molar refractivity (Wildman–Crippen MR) is 157 cm³/mol. The topological polar surface area (TPSA) is 160 Å². The molecule has 0 aliphatic carbocycles. The summed E-state index contributed by atoms with van der Waals surface area (Å²) >= 11 is 0. The van der Waals surface area contributed by atoms with Gasteiger partial charge in [0.05, 0.1) is 23.3 Å². The number of carboxylic acids is 1. The van der Waals surface area contributed by atoms with Crippen molar-refractivity contribution in [2.75, 3.05) is 0 Å². The normalized spacial score (nSPS) is 11.2. The van der Waals surface area contributed by atoms with Gasteiger partial charge in [0.15, 0.2) is 5.65 Å². The summed E-state index contributed by atoms with van der Waals surface area (Å²) < 4.78 is 31.7. The van der Waals surface area contributed by atoms with E-state index >= 15 is 0 Å². The number of aromatic amines is 1. The van der Waals surface area contributed by atoms with E-state index in [1.54, 1.807) is 12.4 Å². The minimum absolute atomic E-state index is 0.220. The van der Waals surface area contributed by atoms with E-state index in [0.717, 1.165) is 33.5 Å². The number of aromatic nitrogens is 5. The molecule has 10 nitrogen and oxygen atoms in total. The highest BCUT2D eigenvalue weighted by Crippen LogP contribution is 2.34. The van der Waals surface area contributed by atoms with E-state index in [0.29, 0.717) is 34.6 Å². The standard InChI is InChI=1S/C29H23N7O.C2HF3O2/c30-16-18-8-10-20(11-9-18)26-21(19-5-2-1-3-6-19)15-22-23(35-26)12-14-31-27(22)29(37)33-17-25-34-24-7-4-13-32-28(24)36-25;3-2(4,5)1(6)7/h1-15H,16-17,30H2,(H,33,37)(H,32,34,36);(H,6,7). The summed E-state index contributed by atoms with van der Waals surface area (Å²) in [7, 11) is 0. The van der Waals surface area contributed by atoms with Gasteiger partial charge in [0.2, 0.25) is 0 Å². The molecule has 0 saturated heterocycles. The van der Waals surface area contributed by atoms with Crippen molar-refractivity contribution in [3.8, 4) is 22.4 Å². The summed E-state index contributed by atoms with van der Waals surface area (Å²) in [6, 6.07) is 25.6. The fourth-order valence-electron chi connectivity index (χ4n) is 4.36. The van der Waals surface area contributed by atoms with Crippen molar-refractivity contribution in [1.82, 2.24) is 30.2 Å². The maximum atomic E-state index is 13.2. The van der Waals surface area contributed by atoms with Crippen LogP contribution < -0.4 is 11.1 Å². The molecule has 0 unspecified atom stereocenters. The molecule has 6 rings (SSSR count). The lowest BCUT2D eigenvalue weighted by atomic mass is 9.96. The summed E-state index contributed by atoms with van der Waals surface area (Å²) in [4.78, 5) is 43.4. The number of fused-ring (bicyclic) bond motifs is 2. The van der Waals surface area contributed by atoms with Gasteiger partial charge in [0, 0.05) is 35.5 Å². The molecular weight excluding hydrogens is 575 g/mol.